The van der Waals surface area contributed by atoms with Crippen LogP contribution in [-0.2, 0) is 0 Å². The normalized spacial score (nSPS) is 10.4. The molecule has 0 heterocycles. The van der Waals surface area contributed by atoms with Gasteiger partial charge in [0.05, 0.1) is 16.3 Å². The van der Waals surface area contributed by atoms with Crippen LogP contribution in [0.5, 0.6) is 0 Å². The molecule has 0 aliphatic heterocycles. The molecule has 0 saturated carbocycles. The van der Waals surface area contributed by atoms with Crippen LogP contribution in [0.4, 0.5) is 14.5 Å². The fourth-order valence-corrected chi connectivity index (χ4v) is 2.97. The van der Waals surface area contributed by atoms with E-state index in [0.717, 1.165) is 12.1 Å². The van der Waals surface area contributed by atoms with Crippen molar-refractivity contribution in [1.82, 2.24) is 0 Å². The van der Waals surface area contributed by atoms with Crippen molar-refractivity contribution in [1.29, 1.82) is 0 Å². The Bertz CT molecular complexity index is 651. The maximum Gasteiger partial charge on any atom is 0.259 e. The first-order valence-electron chi connectivity index (χ1n) is 5.30. The van der Waals surface area contributed by atoms with E-state index in [1.165, 1.54) is 12.1 Å². The summed E-state index contributed by atoms with van der Waals surface area (Å²) in [5, 5.41) is 2.46. The van der Waals surface area contributed by atoms with E-state index in [-0.39, 0.29) is 20.7 Å². The molecule has 0 aliphatic carbocycles. The number of hydrogen-bond acceptors (Lipinski definition) is 1. The van der Waals surface area contributed by atoms with Crippen LogP contribution in [0.1, 0.15) is 10.4 Å². The third-order valence-corrected chi connectivity index (χ3v) is 4.02. The molecule has 2 aromatic rings. The van der Waals surface area contributed by atoms with Crippen LogP contribution < -0.4 is 5.32 Å². The average Bonchev–Trinajstić information content (AvgIpc) is 2.33. The third-order valence-electron chi connectivity index (χ3n) is 2.44. The second-order valence-electron chi connectivity index (χ2n) is 3.80. The van der Waals surface area contributed by atoms with Crippen molar-refractivity contribution in [3.8, 4) is 0 Å². The van der Waals surface area contributed by atoms with Crippen LogP contribution in [0, 0.1) is 11.6 Å². The maximum absolute atomic E-state index is 13.7. The molecule has 1 N–H and O–H groups in total. The van der Waals surface area contributed by atoms with Crippen LogP contribution in [0.3, 0.4) is 0 Å². The zero-order chi connectivity index (χ0) is 14.9. The summed E-state index contributed by atoms with van der Waals surface area (Å²) < 4.78 is 27.4. The number of carbonyl (C=O) groups excluding carboxylic acids is 1. The van der Waals surface area contributed by atoms with Gasteiger partial charge in [-0.25, -0.2) is 8.78 Å². The Balaban J connectivity index is 2.38. The SMILES string of the molecule is O=C(Nc1c(Cl)cc(F)cc1Br)c1c(F)cccc1Br. The Morgan fingerprint density at radius 3 is 2.45 bits per heavy atom. The second-order valence-corrected chi connectivity index (χ2v) is 5.91. The van der Waals surface area contributed by atoms with Gasteiger partial charge < -0.3 is 5.32 Å². The van der Waals surface area contributed by atoms with Crippen LogP contribution in [0.25, 0.3) is 0 Å². The number of amides is 1. The summed E-state index contributed by atoms with van der Waals surface area (Å²) >= 11 is 12.1. The molecule has 2 rings (SSSR count). The van der Waals surface area contributed by atoms with Gasteiger partial charge in [-0.2, -0.15) is 0 Å². The molecular formula is C13H6Br2ClF2NO. The minimum Gasteiger partial charge on any atom is -0.320 e. The van der Waals surface area contributed by atoms with E-state index in [1.807, 2.05) is 0 Å². The molecule has 0 fully saturated rings. The Labute approximate surface area is 135 Å². The van der Waals surface area contributed by atoms with Crippen molar-refractivity contribution in [2.24, 2.45) is 0 Å². The number of nitrogens with one attached hydrogen (secondary N) is 1. The number of halogens is 5. The molecule has 7 heteroatoms. The molecular weight excluding hydrogens is 419 g/mol. The van der Waals surface area contributed by atoms with Gasteiger partial charge in [0.25, 0.3) is 5.91 Å². The molecule has 104 valence electrons. The predicted octanol–water partition coefficient (Wildman–Crippen LogP) is 5.40. The maximum atomic E-state index is 13.7. The smallest absolute Gasteiger partial charge is 0.259 e. The zero-order valence-corrected chi connectivity index (χ0v) is 13.6. The molecule has 0 aliphatic rings. The molecule has 0 radical (unpaired) electrons. The lowest BCUT2D eigenvalue weighted by molar-refractivity contribution is 0.102. The van der Waals surface area contributed by atoms with E-state index in [2.05, 4.69) is 37.2 Å². The first-order valence-corrected chi connectivity index (χ1v) is 7.26. The highest BCUT2D eigenvalue weighted by molar-refractivity contribution is 9.11. The lowest BCUT2D eigenvalue weighted by atomic mass is 10.2. The van der Waals surface area contributed by atoms with E-state index >= 15 is 0 Å². The summed E-state index contributed by atoms with van der Waals surface area (Å²) in [5.41, 5.74) is 0.0213. The van der Waals surface area contributed by atoms with Crippen molar-refractivity contribution in [3.63, 3.8) is 0 Å². The fourth-order valence-electron chi connectivity index (χ4n) is 1.55. The Hall–Kier alpha value is -0.980. The summed E-state index contributed by atoms with van der Waals surface area (Å²) in [6.45, 7) is 0. The Morgan fingerprint density at radius 2 is 1.85 bits per heavy atom. The molecule has 0 spiro atoms. The molecule has 0 aromatic heterocycles. The highest BCUT2D eigenvalue weighted by atomic mass is 79.9. The van der Waals surface area contributed by atoms with E-state index in [1.54, 1.807) is 6.07 Å². The van der Waals surface area contributed by atoms with E-state index in [0.29, 0.717) is 4.47 Å². The van der Waals surface area contributed by atoms with Crippen LogP contribution >= 0.6 is 43.5 Å². The summed E-state index contributed by atoms with van der Waals surface area (Å²) in [5.74, 6) is -1.91. The van der Waals surface area contributed by atoms with Crippen molar-refractivity contribution >= 4 is 55.1 Å². The average molecular weight is 425 g/mol. The van der Waals surface area contributed by atoms with Gasteiger partial charge in [0.1, 0.15) is 11.6 Å². The third kappa shape index (κ3) is 3.19. The van der Waals surface area contributed by atoms with Gasteiger partial charge in [0.2, 0.25) is 0 Å². The van der Waals surface area contributed by atoms with E-state index in [9.17, 15) is 13.6 Å². The van der Waals surface area contributed by atoms with Crippen molar-refractivity contribution in [2.75, 3.05) is 5.32 Å². The van der Waals surface area contributed by atoms with Gasteiger partial charge in [0.15, 0.2) is 0 Å². The van der Waals surface area contributed by atoms with Crippen LogP contribution in [-0.4, -0.2) is 5.91 Å². The largest absolute Gasteiger partial charge is 0.320 e. The van der Waals surface area contributed by atoms with Gasteiger partial charge in [-0.3, -0.25) is 4.79 Å². The number of benzene rings is 2. The van der Waals surface area contributed by atoms with Gasteiger partial charge >= 0.3 is 0 Å². The fraction of sp³-hybridized carbons (Fsp3) is 0. The molecule has 0 unspecified atom stereocenters. The first-order chi connectivity index (χ1) is 9.40. The Kier molecular flexibility index (Phi) is 4.78. The molecule has 20 heavy (non-hydrogen) atoms. The molecule has 2 aromatic carbocycles. The molecule has 0 bridgehead atoms. The lowest BCUT2D eigenvalue weighted by Gasteiger charge is -2.11. The summed E-state index contributed by atoms with van der Waals surface area (Å²) in [6, 6.07) is 6.38. The van der Waals surface area contributed by atoms with Gasteiger partial charge in [-0.15, -0.1) is 0 Å². The number of carbonyl (C=O) groups is 1. The molecule has 0 saturated heterocycles. The minimum atomic E-state index is -0.691. The molecule has 1 amide bonds. The van der Waals surface area contributed by atoms with Gasteiger partial charge in [-0.05, 0) is 56.1 Å². The van der Waals surface area contributed by atoms with Gasteiger partial charge in [-0.1, -0.05) is 17.7 Å². The van der Waals surface area contributed by atoms with Crippen molar-refractivity contribution < 1.29 is 13.6 Å². The topological polar surface area (TPSA) is 29.1 Å². The number of hydrogen-bond donors (Lipinski definition) is 1. The first kappa shape index (κ1) is 15.4. The number of anilines is 1. The highest BCUT2D eigenvalue weighted by Crippen LogP contribution is 2.32. The molecule has 0 atom stereocenters. The summed E-state index contributed by atoms with van der Waals surface area (Å²) in [7, 11) is 0. The summed E-state index contributed by atoms with van der Waals surface area (Å²) in [6.07, 6.45) is 0. The highest BCUT2D eigenvalue weighted by Gasteiger charge is 2.18. The van der Waals surface area contributed by atoms with E-state index < -0.39 is 17.5 Å². The second kappa shape index (κ2) is 6.20. The standard InChI is InChI=1S/C13H6Br2ClF2NO/c14-7-2-1-3-10(18)11(7)13(20)19-12-8(15)4-6(17)5-9(12)16/h1-5H,(H,19,20). The van der Waals surface area contributed by atoms with Crippen LogP contribution in [0.15, 0.2) is 39.3 Å². The van der Waals surface area contributed by atoms with Crippen molar-refractivity contribution in [2.45, 2.75) is 0 Å². The zero-order valence-electron chi connectivity index (χ0n) is 9.68. The van der Waals surface area contributed by atoms with Gasteiger partial charge in [0, 0.05) is 8.95 Å². The monoisotopic (exact) mass is 423 g/mol. The van der Waals surface area contributed by atoms with E-state index in [4.69, 9.17) is 11.6 Å². The Morgan fingerprint density at radius 1 is 1.15 bits per heavy atom. The summed E-state index contributed by atoms with van der Waals surface area (Å²) in [4.78, 5) is 12.1. The lowest BCUT2D eigenvalue weighted by Crippen LogP contribution is -2.15. The molecule has 2 nitrogen and oxygen atoms in total. The predicted molar refractivity (Wildman–Crippen MR) is 81.2 cm³/mol. The van der Waals surface area contributed by atoms with Crippen LogP contribution in [0.2, 0.25) is 5.02 Å². The number of rotatable bonds is 2. The quantitative estimate of drug-likeness (QED) is 0.686. The minimum absolute atomic E-state index is 0.0117. The van der Waals surface area contributed by atoms with Crippen molar-refractivity contribution in [3.05, 3.63) is 61.5 Å².